The van der Waals surface area contributed by atoms with Gasteiger partial charge in [0, 0.05) is 0 Å². The number of benzene rings is 2. The molecule has 0 saturated carbocycles. The first-order chi connectivity index (χ1) is 11.1. The molecular weight excluding hydrogens is 306 g/mol. The number of nitrogens with zero attached hydrogens (tertiary/aromatic N) is 2. The van der Waals surface area contributed by atoms with Crippen LogP contribution in [-0.2, 0) is 4.79 Å². The van der Waals surface area contributed by atoms with Gasteiger partial charge in [0.25, 0.3) is 5.91 Å². The summed E-state index contributed by atoms with van der Waals surface area (Å²) in [5, 5.41) is 12.1. The van der Waals surface area contributed by atoms with E-state index in [9.17, 15) is 4.79 Å². The van der Waals surface area contributed by atoms with Crippen LogP contribution >= 0.6 is 12.2 Å². The van der Waals surface area contributed by atoms with Crippen LogP contribution in [0.2, 0.25) is 0 Å². The van der Waals surface area contributed by atoms with Crippen molar-refractivity contribution in [1.29, 1.82) is 5.26 Å². The Balaban J connectivity index is 1.91. The van der Waals surface area contributed by atoms with E-state index < -0.39 is 0 Å². The molecule has 1 saturated heterocycles. The first kappa shape index (κ1) is 14.9. The molecular formula is C18H13N3OS. The summed E-state index contributed by atoms with van der Waals surface area (Å²) in [4.78, 5) is 14.1. The molecule has 4 nitrogen and oxygen atoms in total. The van der Waals surface area contributed by atoms with Crippen molar-refractivity contribution in [2.24, 2.45) is 0 Å². The molecule has 1 heterocycles. The van der Waals surface area contributed by atoms with Crippen LogP contribution < -0.4 is 10.2 Å². The second-order valence-corrected chi connectivity index (χ2v) is 5.59. The normalized spacial score (nSPS) is 15.7. The van der Waals surface area contributed by atoms with Crippen molar-refractivity contribution in [3.8, 4) is 6.07 Å². The van der Waals surface area contributed by atoms with E-state index in [1.165, 1.54) is 4.90 Å². The van der Waals surface area contributed by atoms with E-state index in [1.807, 2.05) is 31.2 Å². The highest BCUT2D eigenvalue weighted by atomic mass is 32.1. The van der Waals surface area contributed by atoms with E-state index in [0.29, 0.717) is 16.4 Å². The van der Waals surface area contributed by atoms with Gasteiger partial charge in [0.05, 0.1) is 17.3 Å². The second kappa shape index (κ2) is 6.03. The molecule has 0 bridgehead atoms. The van der Waals surface area contributed by atoms with Crippen molar-refractivity contribution < 1.29 is 4.79 Å². The lowest BCUT2D eigenvalue weighted by atomic mass is 10.1. The number of aryl methyl sites for hydroxylation is 1. The molecule has 0 aliphatic carbocycles. The molecule has 0 radical (unpaired) electrons. The third-order valence-electron chi connectivity index (χ3n) is 3.49. The minimum absolute atomic E-state index is 0.190. The molecule has 1 aliphatic heterocycles. The Labute approximate surface area is 139 Å². The molecule has 0 aromatic heterocycles. The Morgan fingerprint density at radius 1 is 1.22 bits per heavy atom. The summed E-state index contributed by atoms with van der Waals surface area (Å²) < 4.78 is 0. The van der Waals surface area contributed by atoms with Crippen molar-refractivity contribution in [2.75, 3.05) is 4.90 Å². The maximum Gasteiger partial charge on any atom is 0.281 e. The quantitative estimate of drug-likeness (QED) is 0.682. The van der Waals surface area contributed by atoms with Gasteiger partial charge >= 0.3 is 0 Å². The number of rotatable bonds is 2. The fourth-order valence-electron chi connectivity index (χ4n) is 2.36. The molecule has 3 rings (SSSR count). The lowest BCUT2D eigenvalue weighted by molar-refractivity contribution is -0.113. The standard InChI is InChI=1S/C18H13N3OS/c1-12-3-2-4-15(9-12)21-17(22)16(20-18(21)23)10-13-5-7-14(11-19)8-6-13/h2-10H,1H3,(H,20,23)/b16-10+. The first-order valence-corrected chi connectivity index (χ1v) is 7.43. The lowest BCUT2D eigenvalue weighted by Crippen LogP contribution is -2.30. The first-order valence-electron chi connectivity index (χ1n) is 7.02. The average Bonchev–Trinajstić information content (AvgIpc) is 2.82. The van der Waals surface area contributed by atoms with Crippen LogP contribution in [0, 0.1) is 18.3 Å². The van der Waals surface area contributed by atoms with Crippen molar-refractivity contribution >= 4 is 35.0 Å². The van der Waals surface area contributed by atoms with Crippen molar-refractivity contribution in [1.82, 2.24) is 5.32 Å². The number of carbonyl (C=O) groups excluding carboxylic acids is 1. The highest BCUT2D eigenvalue weighted by Gasteiger charge is 2.31. The minimum Gasteiger partial charge on any atom is -0.327 e. The van der Waals surface area contributed by atoms with Crippen molar-refractivity contribution in [3.05, 3.63) is 70.9 Å². The maximum absolute atomic E-state index is 12.6. The molecule has 2 aromatic rings. The third kappa shape index (κ3) is 2.98. The largest absolute Gasteiger partial charge is 0.327 e. The topological polar surface area (TPSA) is 56.1 Å². The van der Waals surface area contributed by atoms with Crippen LogP contribution in [-0.4, -0.2) is 11.0 Å². The van der Waals surface area contributed by atoms with Gasteiger partial charge in [0.15, 0.2) is 5.11 Å². The van der Waals surface area contributed by atoms with Crippen molar-refractivity contribution in [3.63, 3.8) is 0 Å². The van der Waals surface area contributed by atoms with E-state index in [-0.39, 0.29) is 5.91 Å². The fraction of sp³-hybridized carbons (Fsp3) is 0.0556. The summed E-state index contributed by atoms with van der Waals surface area (Å²) >= 11 is 5.29. The smallest absolute Gasteiger partial charge is 0.281 e. The van der Waals surface area contributed by atoms with E-state index in [1.54, 1.807) is 30.3 Å². The average molecular weight is 319 g/mol. The summed E-state index contributed by atoms with van der Waals surface area (Å²) in [5.41, 5.74) is 3.63. The molecule has 1 amide bonds. The second-order valence-electron chi connectivity index (χ2n) is 5.20. The summed E-state index contributed by atoms with van der Waals surface area (Å²) in [6.45, 7) is 1.97. The zero-order valence-electron chi connectivity index (χ0n) is 12.4. The van der Waals surface area contributed by atoms with Gasteiger partial charge in [-0.15, -0.1) is 0 Å². The number of anilines is 1. The highest BCUT2D eigenvalue weighted by molar-refractivity contribution is 7.80. The van der Waals surface area contributed by atoms with E-state index >= 15 is 0 Å². The Kier molecular flexibility index (Phi) is 3.92. The zero-order chi connectivity index (χ0) is 16.4. The summed E-state index contributed by atoms with van der Waals surface area (Å²) in [5.74, 6) is -0.190. The van der Waals surface area contributed by atoms with Gasteiger partial charge in [-0.1, -0.05) is 24.3 Å². The molecule has 112 valence electrons. The number of carbonyl (C=O) groups is 1. The number of hydrogen-bond acceptors (Lipinski definition) is 3. The van der Waals surface area contributed by atoms with Gasteiger partial charge in [-0.3, -0.25) is 9.69 Å². The predicted octanol–water partition coefficient (Wildman–Crippen LogP) is 3.13. The fourth-order valence-corrected chi connectivity index (χ4v) is 2.66. The van der Waals surface area contributed by atoms with Gasteiger partial charge in [0.1, 0.15) is 5.70 Å². The van der Waals surface area contributed by atoms with Gasteiger partial charge in [-0.05, 0) is 60.6 Å². The summed E-state index contributed by atoms with van der Waals surface area (Å²) in [6.07, 6.45) is 1.73. The van der Waals surface area contributed by atoms with Crippen LogP contribution in [0.25, 0.3) is 6.08 Å². The number of nitriles is 1. The molecule has 2 aromatic carbocycles. The molecule has 0 unspecified atom stereocenters. The molecule has 0 spiro atoms. The Morgan fingerprint density at radius 3 is 2.61 bits per heavy atom. The minimum atomic E-state index is -0.190. The van der Waals surface area contributed by atoms with E-state index in [4.69, 9.17) is 17.5 Å². The van der Waals surface area contributed by atoms with Gasteiger partial charge in [-0.2, -0.15) is 5.26 Å². The van der Waals surface area contributed by atoms with Crippen LogP contribution in [0.4, 0.5) is 5.69 Å². The Hall–Kier alpha value is -2.97. The third-order valence-corrected chi connectivity index (χ3v) is 3.77. The van der Waals surface area contributed by atoms with Crippen LogP contribution in [0.3, 0.4) is 0 Å². The molecule has 23 heavy (non-hydrogen) atoms. The predicted molar refractivity (Wildman–Crippen MR) is 93.5 cm³/mol. The van der Waals surface area contributed by atoms with Crippen LogP contribution in [0.5, 0.6) is 0 Å². The van der Waals surface area contributed by atoms with E-state index in [2.05, 4.69) is 11.4 Å². The van der Waals surface area contributed by atoms with Crippen molar-refractivity contribution in [2.45, 2.75) is 6.92 Å². The number of nitrogens with one attached hydrogen (secondary N) is 1. The Morgan fingerprint density at radius 2 is 1.96 bits per heavy atom. The number of thiocarbonyl (C=S) groups is 1. The Bertz CT molecular complexity index is 863. The molecule has 0 atom stereocenters. The lowest BCUT2D eigenvalue weighted by Gasteiger charge is -2.14. The molecule has 1 aliphatic rings. The van der Waals surface area contributed by atoms with Crippen LogP contribution in [0.1, 0.15) is 16.7 Å². The highest BCUT2D eigenvalue weighted by Crippen LogP contribution is 2.23. The zero-order valence-corrected chi connectivity index (χ0v) is 13.2. The van der Waals surface area contributed by atoms with Gasteiger partial charge in [-0.25, -0.2) is 0 Å². The van der Waals surface area contributed by atoms with Gasteiger partial charge < -0.3 is 5.32 Å². The van der Waals surface area contributed by atoms with E-state index in [0.717, 1.165) is 16.8 Å². The molecule has 5 heteroatoms. The summed E-state index contributed by atoms with van der Waals surface area (Å²) in [6, 6.07) is 16.7. The SMILES string of the molecule is Cc1cccc(N2C(=O)/C(=C\c3ccc(C#N)cc3)NC2=S)c1. The van der Waals surface area contributed by atoms with Gasteiger partial charge in [0.2, 0.25) is 0 Å². The monoisotopic (exact) mass is 319 g/mol. The van der Waals surface area contributed by atoms with Crippen LogP contribution in [0.15, 0.2) is 54.2 Å². The summed E-state index contributed by atoms with van der Waals surface area (Å²) in [7, 11) is 0. The maximum atomic E-state index is 12.6. The molecule has 1 N–H and O–H groups in total. The number of amides is 1. The molecule has 1 fully saturated rings. The number of hydrogen-bond donors (Lipinski definition) is 1.